The molecule has 7 heteroatoms. The lowest BCUT2D eigenvalue weighted by molar-refractivity contribution is -0.137. The number of imidazole rings is 1. The molecular weight excluding hydrogens is 366 g/mol. The van der Waals surface area contributed by atoms with Crippen LogP contribution < -0.4 is 0 Å². The Morgan fingerprint density at radius 1 is 1.17 bits per heavy atom. The van der Waals surface area contributed by atoms with Gasteiger partial charge in [0.25, 0.3) is 0 Å². The van der Waals surface area contributed by atoms with E-state index in [1.54, 1.807) is 4.90 Å². The summed E-state index contributed by atoms with van der Waals surface area (Å²) in [4.78, 5) is 35.7. The Balaban J connectivity index is 1.45. The molecule has 2 atom stereocenters. The first-order valence-corrected chi connectivity index (χ1v) is 10.4. The Bertz CT molecular complexity index is 857. The maximum atomic E-state index is 12.9. The number of hydrogen-bond donors (Lipinski definition) is 0. The van der Waals surface area contributed by atoms with Crippen molar-refractivity contribution in [3.8, 4) is 0 Å². The Hall–Kier alpha value is -2.67. The molecule has 2 aliphatic heterocycles. The van der Waals surface area contributed by atoms with E-state index in [1.165, 1.54) is 5.56 Å². The van der Waals surface area contributed by atoms with Gasteiger partial charge in [-0.15, -0.1) is 0 Å². The summed E-state index contributed by atoms with van der Waals surface area (Å²) in [5.74, 6) is 1.05. The van der Waals surface area contributed by atoms with Gasteiger partial charge >= 0.3 is 0 Å². The molecule has 2 unspecified atom stereocenters. The molecular formula is C22H29N5O2. The molecule has 0 spiro atoms. The lowest BCUT2D eigenvalue weighted by Crippen LogP contribution is -2.51. The number of rotatable bonds is 5. The van der Waals surface area contributed by atoms with Gasteiger partial charge in [0.05, 0.1) is 12.0 Å². The van der Waals surface area contributed by atoms with Crippen molar-refractivity contribution in [1.82, 2.24) is 24.3 Å². The second-order valence-corrected chi connectivity index (χ2v) is 7.90. The van der Waals surface area contributed by atoms with Crippen molar-refractivity contribution in [2.24, 2.45) is 13.0 Å². The number of amides is 2. The quantitative estimate of drug-likeness (QED) is 0.770. The zero-order chi connectivity index (χ0) is 20.4. The number of carbonyl (C=O) groups is 2. The van der Waals surface area contributed by atoms with E-state index >= 15 is 0 Å². The summed E-state index contributed by atoms with van der Waals surface area (Å²) in [5, 5.41) is 0. The first-order valence-electron chi connectivity index (χ1n) is 10.4. The Kier molecular flexibility index (Phi) is 5.67. The van der Waals surface area contributed by atoms with Gasteiger partial charge in [0.2, 0.25) is 11.8 Å². The molecule has 0 radical (unpaired) electrons. The van der Waals surface area contributed by atoms with Gasteiger partial charge in [-0.05, 0) is 12.5 Å². The fraction of sp³-hybridized carbons (Fsp3) is 0.500. The molecule has 2 amide bonds. The zero-order valence-electron chi connectivity index (χ0n) is 17.2. The standard InChI is InChI=1S/C22H29N5O2/c1-3-25-16-18(15-19(25)28)22(29)27-13-11-26(12-14-27)20(17-7-5-4-6-8-17)21-23-9-10-24(21)2/h4-10,18,20H,3,11-16H2,1-2H3. The number of aryl methyl sites for hydroxylation is 1. The van der Waals surface area contributed by atoms with Crippen LogP contribution in [0.15, 0.2) is 42.7 Å². The van der Waals surface area contributed by atoms with Crippen molar-refractivity contribution in [3.05, 3.63) is 54.1 Å². The third-order valence-corrected chi connectivity index (χ3v) is 6.15. The number of piperazine rings is 1. The summed E-state index contributed by atoms with van der Waals surface area (Å²) in [6.07, 6.45) is 4.16. The third-order valence-electron chi connectivity index (χ3n) is 6.15. The highest BCUT2D eigenvalue weighted by atomic mass is 16.2. The Labute approximate surface area is 171 Å². The Morgan fingerprint density at radius 3 is 2.48 bits per heavy atom. The average molecular weight is 396 g/mol. The molecule has 0 saturated carbocycles. The van der Waals surface area contributed by atoms with E-state index in [0.717, 1.165) is 18.9 Å². The molecule has 2 fully saturated rings. The predicted molar refractivity (Wildman–Crippen MR) is 110 cm³/mol. The number of carbonyl (C=O) groups excluding carboxylic acids is 2. The molecule has 2 aromatic rings. The van der Waals surface area contributed by atoms with Gasteiger partial charge in [-0.25, -0.2) is 4.98 Å². The summed E-state index contributed by atoms with van der Waals surface area (Å²) in [6, 6.07) is 10.5. The second-order valence-electron chi connectivity index (χ2n) is 7.90. The van der Waals surface area contributed by atoms with Crippen molar-refractivity contribution >= 4 is 11.8 Å². The van der Waals surface area contributed by atoms with E-state index in [0.29, 0.717) is 32.6 Å². The van der Waals surface area contributed by atoms with E-state index in [2.05, 4.69) is 38.7 Å². The largest absolute Gasteiger partial charge is 0.342 e. The summed E-state index contributed by atoms with van der Waals surface area (Å²) in [5.41, 5.74) is 1.21. The summed E-state index contributed by atoms with van der Waals surface area (Å²) < 4.78 is 2.07. The van der Waals surface area contributed by atoms with Crippen molar-refractivity contribution < 1.29 is 9.59 Å². The van der Waals surface area contributed by atoms with Gasteiger partial charge in [-0.2, -0.15) is 0 Å². The molecule has 2 aliphatic rings. The first kappa shape index (κ1) is 19.6. The van der Waals surface area contributed by atoms with Crippen LogP contribution in [0.1, 0.15) is 30.8 Å². The second kappa shape index (κ2) is 8.37. The first-order chi connectivity index (χ1) is 14.1. The number of nitrogens with zero attached hydrogens (tertiary/aromatic N) is 5. The fourth-order valence-electron chi connectivity index (χ4n) is 4.50. The van der Waals surface area contributed by atoms with Crippen molar-refractivity contribution in [1.29, 1.82) is 0 Å². The Morgan fingerprint density at radius 2 is 1.90 bits per heavy atom. The third kappa shape index (κ3) is 3.92. The molecule has 1 aromatic heterocycles. The molecule has 2 saturated heterocycles. The summed E-state index contributed by atoms with van der Waals surface area (Å²) >= 11 is 0. The van der Waals surface area contributed by atoms with Gasteiger partial charge in [0.15, 0.2) is 0 Å². The minimum absolute atomic E-state index is 0.0668. The number of likely N-dealkylation sites (tertiary alicyclic amines) is 1. The fourth-order valence-corrected chi connectivity index (χ4v) is 4.50. The van der Waals surface area contributed by atoms with Gasteiger partial charge < -0.3 is 14.4 Å². The van der Waals surface area contributed by atoms with Crippen molar-refractivity contribution in [3.63, 3.8) is 0 Å². The molecule has 154 valence electrons. The SMILES string of the molecule is CCN1CC(C(=O)N2CCN(C(c3ccccc3)c3nccn3C)CC2)CC1=O. The summed E-state index contributed by atoms with van der Waals surface area (Å²) in [6.45, 7) is 6.15. The van der Waals surface area contributed by atoms with Crippen molar-refractivity contribution in [2.45, 2.75) is 19.4 Å². The topological polar surface area (TPSA) is 61.7 Å². The summed E-state index contributed by atoms with van der Waals surface area (Å²) in [7, 11) is 2.02. The zero-order valence-corrected chi connectivity index (χ0v) is 17.2. The average Bonchev–Trinajstić information content (AvgIpc) is 3.34. The van der Waals surface area contributed by atoms with Crippen LogP contribution in [-0.4, -0.2) is 75.3 Å². The van der Waals surface area contributed by atoms with Crippen LogP contribution in [0.2, 0.25) is 0 Å². The van der Waals surface area contributed by atoms with Crippen LogP contribution in [-0.2, 0) is 16.6 Å². The van der Waals surface area contributed by atoms with E-state index in [4.69, 9.17) is 0 Å². The normalized spacial score (nSPS) is 21.6. The monoisotopic (exact) mass is 395 g/mol. The number of hydrogen-bond acceptors (Lipinski definition) is 4. The van der Waals surface area contributed by atoms with Gasteiger partial charge in [-0.1, -0.05) is 30.3 Å². The van der Waals surface area contributed by atoms with Crippen LogP contribution >= 0.6 is 0 Å². The molecule has 0 N–H and O–H groups in total. The predicted octanol–water partition coefficient (Wildman–Crippen LogP) is 1.52. The molecule has 29 heavy (non-hydrogen) atoms. The molecule has 1 aromatic carbocycles. The van der Waals surface area contributed by atoms with E-state index in [-0.39, 0.29) is 23.8 Å². The maximum absolute atomic E-state index is 12.9. The van der Waals surface area contributed by atoms with E-state index in [1.807, 2.05) is 37.3 Å². The molecule has 4 rings (SSSR count). The van der Waals surface area contributed by atoms with Crippen LogP contribution in [0.25, 0.3) is 0 Å². The van der Waals surface area contributed by atoms with Crippen LogP contribution in [0.3, 0.4) is 0 Å². The van der Waals surface area contributed by atoms with Crippen LogP contribution in [0, 0.1) is 5.92 Å². The highest BCUT2D eigenvalue weighted by molar-refractivity contribution is 5.89. The van der Waals surface area contributed by atoms with E-state index < -0.39 is 0 Å². The highest BCUT2D eigenvalue weighted by Gasteiger charge is 2.37. The minimum atomic E-state index is -0.187. The maximum Gasteiger partial charge on any atom is 0.228 e. The van der Waals surface area contributed by atoms with Crippen molar-refractivity contribution in [2.75, 3.05) is 39.3 Å². The van der Waals surface area contributed by atoms with Crippen LogP contribution in [0.4, 0.5) is 0 Å². The lowest BCUT2D eigenvalue weighted by Gasteiger charge is -2.39. The molecule has 0 bridgehead atoms. The minimum Gasteiger partial charge on any atom is -0.342 e. The highest BCUT2D eigenvalue weighted by Crippen LogP contribution is 2.29. The van der Waals surface area contributed by atoms with Crippen LogP contribution in [0.5, 0.6) is 0 Å². The molecule has 3 heterocycles. The van der Waals surface area contributed by atoms with Gasteiger partial charge in [-0.3, -0.25) is 14.5 Å². The van der Waals surface area contributed by atoms with Gasteiger partial charge in [0.1, 0.15) is 5.82 Å². The van der Waals surface area contributed by atoms with Gasteiger partial charge in [0, 0.05) is 65.1 Å². The molecule has 0 aliphatic carbocycles. The lowest BCUT2D eigenvalue weighted by atomic mass is 10.0. The smallest absolute Gasteiger partial charge is 0.228 e. The van der Waals surface area contributed by atoms with E-state index in [9.17, 15) is 9.59 Å². The number of aromatic nitrogens is 2. The molecule has 7 nitrogen and oxygen atoms in total. The number of benzene rings is 1.